The largest absolute Gasteiger partial charge is 0.495 e. The van der Waals surface area contributed by atoms with E-state index in [4.69, 9.17) is 16.3 Å². The van der Waals surface area contributed by atoms with Gasteiger partial charge in [-0.25, -0.2) is 8.42 Å². The number of nitrogens with zero attached hydrogens (tertiary/aromatic N) is 3. The summed E-state index contributed by atoms with van der Waals surface area (Å²) in [6, 6.07) is 5.03. The van der Waals surface area contributed by atoms with Gasteiger partial charge in [-0.15, -0.1) is 5.10 Å². The average molecular weight is 370 g/mol. The van der Waals surface area contributed by atoms with E-state index in [0.29, 0.717) is 28.7 Å². The molecule has 3 rings (SSSR count). The molecule has 0 bridgehead atoms. The maximum absolute atomic E-state index is 11.5. The van der Waals surface area contributed by atoms with Crippen molar-refractivity contribution in [2.45, 2.75) is 12.5 Å². The number of aromatic nitrogens is 3. The van der Waals surface area contributed by atoms with Crippen LogP contribution in [0.3, 0.4) is 0 Å². The fourth-order valence-corrected chi connectivity index (χ4v) is 4.35. The van der Waals surface area contributed by atoms with E-state index in [0.717, 1.165) is 0 Å². The van der Waals surface area contributed by atoms with Gasteiger partial charge in [0, 0.05) is 11.7 Å². The number of nitrogens with one attached hydrogen (secondary N) is 2. The van der Waals surface area contributed by atoms with Gasteiger partial charge in [0.2, 0.25) is 5.95 Å². The maximum Gasteiger partial charge on any atom is 0.249 e. The number of rotatable bonds is 5. The van der Waals surface area contributed by atoms with Crippen LogP contribution in [-0.2, 0) is 9.84 Å². The summed E-state index contributed by atoms with van der Waals surface area (Å²) < 4.78 is 28.1. The Kier molecular flexibility index (Phi) is 4.72. The number of anilines is 3. The molecule has 2 N–H and O–H groups in total. The number of methoxy groups -OCH3 is 1. The standard InChI is InChI=1S/C14H16ClN5O3S/c1-23-12-3-2-9(6-11(12)15)18-14-19-13(7-16-20-14)17-10-4-5-24(21,22)8-10/h2-3,6-7,10H,4-5,8H2,1H3,(H2,17,18,19,20). The fraction of sp³-hybridized carbons (Fsp3) is 0.357. The Balaban J connectivity index is 1.70. The molecule has 1 saturated heterocycles. The van der Waals surface area contributed by atoms with Crippen LogP contribution in [0.1, 0.15) is 6.42 Å². The summed E-state index contributed by atoms with van der Waals surface area (Å²) in [7, 11) is -1.41. The van der Waals surface area contributed by atoms with Crippen molar-refractivity contribution in [1.29, 1.82) is 0 Å². The van der Waals surface area contributed by atoms with E-state index in [1.807, 2.05) is 0 Å². The van der Waals surface area contributed by atoms with Crippen LogP contribution in [0, 0.1) is 0 Å². The van der Waals surface area contributed by atoms with Gasteiger partial charge in [0.15, 0.2) is 15.7 Å². The molecular formula is C14H16ClN5O3S. The van der Waals surface area contributed by atoms with E-state index < -0.39 is 9.84 Å². The van der Waals surface area contributed by atoms with Crippen molar-refractivity contribution in [3.05, 3.63) is 29.4 Å². The smallest absolute Gasteiger partial charge is 0.249 e. The van der Waals surface area contributed by atoms with E-state index >= 15 is 0 Å². The molecule has 1 aromatic carbocycles. The summed E-state index contributed by atoms with van der Waals surface area (Å²) in [5, 5.41) is 14.3. The van der Waals surface area contributed by atoms with Crippen LogP contribution in [-0.4, -0.2) is 48.3 Å². The Morgan fingerprint density at radius 3 is 2.88 bits per heavy atom. The van der Waals surface area contributed by atoms with E-state index in [-0.39, 0.29) is 23.5 Å². The molecule has 0 radical (unpaired) electrons. The zero-order valence-electron chi connectivity index (χ0n) is 12.9. The SMILES string of the molecule is COc1ccc(Nc2nncc(NC3CCS(=O)(=O)C3)n2)cc1Cl. The maximum atomic E-state index is 11.5. The summed E-state index contributed by atoms with van der Waals surface area (Å²) >= 11 is 6.08. The minimum Gasteiger partial charge on any atom is -0.495 e. The van der Waals surface area contributed by atoms with Crippen LogP contribution in [0.25, 0.3) is 0 Å². The molecule has 0 amide bonds. The van der Waals surface area contributed by atoms with Crippen molar-refractivity contribution in [3.8, 4) is 5.75 Å². The summed E-state index contributed by atoms with van der Waals surface area (Å²) in [5.74, 6) is 1.61. The zero-order valence-corrected chi connectivity index (χ0v) is 14.4. The van der Waals surface area contributed by atoms with Crippen molar-refractivity contribution in [2.24, 2.45) is 0 Å². The second kappa shape index (κ2) is 6.78. The van der Waals surface area contributed by atoms with Gasteiger partial charge in [-0.2, -0.15) is 10.1 Å². The summed E-state index contributed by atoms with van der Waals surface area (Å²) in [6.07, 6.45) is 2.01. The highest BCUT2D eigenvalue weighted by Gasteiger charge is 2.28. The molecular weight excluding hydrogens is 354 g/mol. The molecule has 2 aromatic rings. The second-order valence-electron chi connectivity index (χ2n) is 5.38. The van der Waals surface area contributed by atoms with Crippen LogP contribution >= 0.6 is 11.6 Å². The fourth-order valence-electron chi connectivity index (χ4n) is 2.42. The lowest BCUT2D eigenvalue weighted by Gasteiger charge is -2.12. The van der Waals surface area contributed by atoms with Gasteiger partial charge in [-0.05, 0) is 24.6 Å². The van der Waals surface area contributed by atoms with E-state index in [1.54, 1.807) is 25.3 Å². The molecule has 8 nitrogen and oxygen atoms in total. The van der Waals surface area contributed by atoms with Gasteiger partial charge in [-0.3, -0.25) is 0 Å². The van der Waals surface area contributed by atoms with Crippen molar-refractivity contribution in [2.75, 3.05) is 29.2 Å². The molecule has 1 aromatic heterocycles. The monoisotopic (exact) mass is 369 g/mol. The lowest BCUT2D eigenvalue weighted by atomic mass is 10.3. The first-order valence-corrected chi connectivity index (χ1v) is 9.42. The molecule has 0 saturated carbocycles. The van der Waals surface area contributed by atoms with Crippen LogP contribution in [0.2, 0.25) is 5.02 Å². The van der Waals surface area contributed by atoms with E-state index in [9.17, 15) is 8.42 Å². The van der Waals surface area contributed by atoms with Gasteiger partial charge < -0.3 is 15.4 Å². The van der Waals surface area contributed by atoms with Gasteiger partial charge >= 0.3 is 0 Å². The number of benzene rings is 1. The Labute approximate surface area is 144 Å². The number of sulfone groups is 1. The zero-order chi connectivity index (χ0) is 17.2. The first-order valence-electron chi connectivity index (χ1n) is 7.22. The third kappa shape index (κ3) is 4.04. The Bertz CT molecular complexity index is 846. The highest BCUT2D eigenvalue weighted by atomic mass is 35.5. The lowest BCUT2D eigenvalue weighted by molar-refractivity contribution is 0.415. The van der Waals surface area contributed by atoms with Crippen LogP contribution in [0.4, 0.5) is 17.5 Å². The molecule has 1 unspecified atom stereocenters. The molecule has 0 spiro atoms. The number of hydrogen-bond acceptors (Lipinski definition) is 8. The van der Waals surface area contributed by atoms with Crippen molar-refractivity contribution >= 4 is 38.9 Å². The Hall–Kier alpha value is -2.13. The number of hydrogen-bond donors (Lipinski definition) is 2. The predicted molar refractivity (Wildman–Crippen MR) is 91.8 cm³/mol. The third-order valence-corrected chi connectivity index (χ3v) is 5.61. The summed E-state index contributed by atoms with van der Waals surface area (Å²) in [6.45, 7) is 0. The third-order valence-electron chi connectivity index (χ3n) is 3.55. The summed E-state index contributed by atoms with van der Waals surface area (Å²) in [4.78, 5) is 4.29. The van der Waals surface area contributed by atoms with Gasteiger partial charge in [-0.1, -0.05) is 11.6 Å². The molecule has 1 aliphatic heterocycles. The molecule has 128 valence electrons. The molecule has 1 fully saturated rings. The highest BCUT2D eigenvalue weighted by Crippen LogP contribution is 2.28. The van der Waals surface area contributed by atoms with Gasteiger partial charge in [0.05, 0.1) is 29.8 Å². The van der Waals surface area contributed by atoms with Gasteiger partial charge in [0.1, 0.15) is 5.75 Å². The Morgan fingerprint density at radius 2 is 2.21 bits per heavy atom. The normalized spacial score (nSPS) is 19.0. The number of halogens is 1. The molecule has 0 aliphatic carbocycles. The quantitative estimate of drug-likeness (QED) is 0.822. The number of ether oxygens (including phenoxy) is 1. The Morgan fingerprint density at radius 1 is 1.38 bits per heavy atom. The molecule has 2 heterocycles. The van der Waals surface area contributed by atoms with E-state index in [1.165, 1.54) is 6.20 Å². The summed E-state index contributed by atoms with van der Waals surface area (Å²) in [5.41, 5.74) is 0.684. The molecule has 24 heavy (non-hydrogen) atoms. The highest BCUT2D eigenvalue weighted by molar-refractivity contribution is 7.91. The molecule has 10 heteroatoms. The van der Waals surface area contributed by atoms with Crippen molar-refractivity contribution in [1.82, 2.24) is 15.2 Å². The topological polar surface area (TPSA) is 106 Å². The van der Waals surface area contributed by atoms with E-state index in [2.05, 4.69) is 25.8 Å². The van der Waals surface area contributed by atoms with Crippen LogP contribution in [0.5, 0.6) is 5.75 Å². The van der Waals surface area contributed by atoms with Crippen LogP contribution < -0.4 is 15.4 Å². The molecule has 1 aliphatic rings. The molecule has 1 atom stereocenters. The van der Waals surface area contributed by atoms with Crippen LogP contribution in [0.15, 0.2) is 24.4 Å². The average Bonchev–Trinajstić information content (AvgIpc) is 2.86. The lowest BCUT2D eigenvalue weighted by Crippen LogP contribution is -2.21. The minimum atomic E-state index is -2.95. The minimum absolute atomic E-state index is 0.105. The van der Waals surface area contributed by atoms with Crippen molar-refractivity contribution in [3.63, 3.8) is 0 Å². The first-order chi connectivity index (χ1) is 11.4. The predicted octanol–water partition coefficient (Wildman–Crippen LogP) is 1.88. The first kappa shape index (κ1) is 16.7. The van der Waals surface area contributed by atoms with Crippen molar-refractivity contribution < 1.29 is 13.2 Å². The second-order valence-corrected chi connectivity index (χ2v) is 8.02. The van der Waals surface area contributed by atoms with Gasteiger partial charge in [0.25, 0.3) is 0 Å².